The summed E-state index contributed by atoms with van der Waals surface area (Å²) in [4.78, 5) is 42.1. The van der Waals surface area contributed by atoms with Crippen molar-refractivity contribution in [2.45, 2.75) is 41.6 Å². The van der Waals surface area contributed by atoms with Crippen molar-refractivity contribution in [3.8, 4) is 0 Å². The molecule has 1 heterocycles. The lowest BCUT2D eigenvalue weighted by Gasteiger charge is -2.23. The molecule has 0 bridgehead atoms. The largest absolute Gasteiger partial charge is 0.341 e. The van der Waals surface area contributed by atoms with Crippen LogP contribution in [-0.2, 0) is 4.79 Å². The maximum atomic E-state index is 13.3. The number of hydrogen-bond acceptors (Lipinski definition) is 4. The minimum atomic E-state index is -0.713. The minimum absolute atomic E-state index is 0.0217. The second-order valence-electron chi connectivity index (χ2n) is 8.24. The molecule has 0 radical (unpaired) electrons. The van der Waals surface area contributed by atoms with Crippen molar-refractivity contribution in [2.75, 3.05) is 10.2 Å². The number of rotatable bonds is 5. The molecular weight excluding hydrogens is 434 g/mol. The Morgan fingerprint density at radius 2 is 1.70 bits per heavy atom. The Balaban J connectivity index is 1.36. The van der Waals surface area contributed by atoms with E-state index in [0.717, 1.165) is 28.3 Å². The van der Waals surface area contributed by atoms with E-state index in [1.54, 1.807) is 31.2 Å². The Morgan fingerprint density at radius 1 is 0.970 bits per heavy atom. The van der Waals surface area contributed by atoms with Crippen molar-refractivity contribution in [3.05, 3.63) is 83.9 Å². The molecule has 2 N–H and O–H groups in total. The zero-order valence-electron chi connectivity index (χ0n) is 18.1. The van der Waals surface area contributed by atoms with Crippen molar-refractivity contribution in [1.82, 2.24) is 5.32 Å². The van der Waals surface area contributed by atoms with Gasteiger partial charge in [0.2, 0.25) is 5.91 Å². The monoisotopic (exact) mass is 457 g/mol. The summed E-state index contributed by atoms with van der Waals surface area (Å²) < 4.78 is 0. The summed E-state index contributed by atoms with van der Waals surface area (Å²) in [6.45, 7) is 1.65. The van der Waals surface area contributed by atoms with Gasteiger partial charge in [0, 0.05) is 27.1 Å². The molecule has 1 aliphatic carbocycles. The molecular formula is C26H23N3O3S. The van der Waals surface area contributed by atoms with Gasteiger partial charge in [0.15, 0.2) is 0 Å². The highest BCUT2D eigenvalue weighted by molar-refractivity contribution is 7.99. The van der Waals surface area contributed by atoms with Crippen LogP contribution in [-0.4, -0.2) is 29.8 Å². The van der Waals surface area contributed by atoms with Gasteiger partial charge in [-0.25, -0.2) is 0 Å². The zero-order chi connectivity index (χ0) is 22.9. The van der Waals surface area contributed by atoms with E-state index in [9.17, 15) is 14.4 Å². The molecule has 0 spiro atoms. The third kappa shape index (κ3) is 4.36. The van der Waals surface area contributed by atoms with E-state index in [1.807, 2.05) is 53.4 Å². The number of nitrogens with one attached hydrogen (secondary N) is 2. The molecule has 1 saturated carbocycles. The van der Waals surface area contributed by atoms with Gasteiger partial charge in [0.1, 0.15) is 6.04 Å². The molecule has 7 heteroatoms. The maximum Gasteiger partial charge on any atom is 0.259 e. The SMILES string of the molecule is C[C@H](NC(=O)c1ccccc1)C(=O)Nc1ccc2c(c1)Sc1ccccc1C(=O)N2C1CC1. The summed E-state index contributed by atoms with van der Waals surface area (Å²) in [7, 11) is 0. The van der Waals surface area contributed by atoms with Gasteiger partial charge < -0.3 is 15.5 Å². The predicted octanol–water partition coefficient (Wildman–Crippen LogP) is 4.72. The lowest BCUT2D eigenvalue weighted by atomic mass is 10.1. The van der Waals surface area contributed by atoms with Crippen LogP contribution in [0.15, 0.2) is 82.6 Å². The molecule has 1 fully saturated rings. The fourth-order valence-corrected chi connectivity index (χ4v) is 4.95. The van der Waals surface area contributed by atoms with Crippen LogP contribution in [0.4, 0.5) is 11.4 Å². The first kappa shape index (κ1) is 21.3. The smallest absolute Gasteiger partial charge is 0.259 e. The first-order valence-corrected chi connectivity index (χ1v) is 11.7. The van der Waals surface area contributed by atoms with E-state index in [2.05, 4.69) is 10.6 Å². The van der Waals surface area contributed by atoms with Crippen LogP contribution in [0.5, 0.6) is 0 Å². The molecule has 2 aliphatic rings. The van der Waals surface area contributed by atoms with E-state index >= 15 is 0 Å². The molecule has 5 rings (SSSR count). The van der Waals surface area contributed by atoms with Gasteiger partial charge in [-0.1, -0.05) is 42.1 Å². The van der Waals surface area contributed by atoms with Crippen molar-refractivity contribution < 1.29 is 14.4 Å². The molecule has 0 saturated heterocycles. The number of benzene rings is 3. The highest BCUT2D eigenvalue weighted by atomic mass is 32.2. The zero-order valence-corrected chi connectivity index (χ0v) is 18.9. The summed E-state index contributed by atoms with van der Waals surface area (Å²) >= 11 is 1.53. The van der Waals surface area contributed by atoms with Crippen LogP contribution < -0.4 is 15.5 Å². The number of amides is 3. The van der Waals surface area contributed by atoms with E-state index < -0.39 is 6.04 Å². The number of nitrogens with zero attached hydrogens (tertiary/aromatic N) is 1. The van der Waals surface area contributed by atoms with Gasteiger partial charge in [0.25, 0.3) is 11.8 Å². The molecule has 0 aromatic heterocycles. The lowest BCUT2D eigenvalue weighted by molar-refractivity contribution is -0.117. The minimum Gasteiger partial charge on any atom is -0.341 e. The van der Waals surface area contributed by atoms with Crippen molar-refractivity contribution in [2.24, 2.45) is 0 Å². The standard InChI is InChI=1S/C26H23N3O3S/c1-16(27-25(31)17-7-3-2-4-8-17)24(30)28-18-11-14-21-23(15-18)33-22-10-6-5-9-20(22)26(32)29(21)19-12-13-19/h2-11,14-16,19H,12-13H2,1H3,(H,27,31)(H,28,30)/t16-/m0/s1. The first-order valence-electron chi connectivity index (χ1n) is 10.9. The van der Waals surface area contributed by atoms with Gasteiger partial charge in [-0.3, -0.25) is 14.4 Å². The van der Waals surface area contributed by atoms with Gasteiger partial charge in [0.05, 0.1) is 11.3 Å². The van der Waals surface area contributed by atoms with E-state index in [4.69, 9.17) is 0 Å². The second-order valence-corrected chi connectivity index (χ2v) is 9.32. The Labute approximate surface area is 196 Å². The summed E-state index contributed by atoms with van der Waals surface area (Å²) in [6, 6.07) is 21.5. The molecule has 1 atom stereocenters. The van der Waals surface area contributed by atoms with Crippen LogP contribution in [0.1, 0.15) is 40.5 Å². The van der Waals surface area contributed by atoms with Crippen molar-refractivity contribution in [3.63, 3.8) is 0 Å². The molecule has 0 unspecified atom stereocenters. The van der Waals surface area contributed by atoms with E-state index in [1.165, 1.54) is 11.8 Å². The van der Waals surface area contributed by atoms with Crippen LogP contribution in [0.3, 0.4) is 0 Å². The Morgan fingerprint density at radius 3 is 2.45 bits per heavy atom. The number of carbonyl (C=O) groups excluding carboxylic acids is 3. The number of anilines is 2. The number of carbonyl (C=O) groups is 3. The Bertz CT molecular complexity index is 1240. The maximum absolute atomic E-state index is 13.3. The van der Waals surface area contributed by atoms with Crippen LogP contribution in [0.2, 0.25) is 0 Å². The van der Waals surface area contributed by atoms with Crippen molar-refractivity contribution >= 4 is 40.9 Å². The summed E-state index contributed by atoms with van der Waals surface area (Å²) in [5, 5.41) is 5.62. The van der Waals surface area contributed by atoms with Crippen LogP contribution in [0, 0.1) is 0 Å². The highest BCUT2D eigenvalue weighted by Gasteiger charge is 2.38. The molecule has 6 nitrogen and oxygen atoms in total. The Kier molecular flexibility index (Phi) is 5.64. The lowest BCUT2D eigenvalue weighted by Crippen LogP contribution is -2.41. The normalized spacial score (nSPS) is 15.7. The van der Waals surface area contributed by atoms with E-state index in [0.29, 0.717) is 16.8 Å². The molecule has 33 heavy (non-hydrogen) atoms. The molecule has 166 valence electrons. The fourth-order valence-electron chi connectivity index (χ4n) is 3.84. The van der Waals surface area contributed by atoms with Gasteiger partial charge in [-0.15, -0.1) is 0 Å². The topological polar surface area (TPSA) is 78.5 Å². The van der Waals surface area contributed by atoms with Gasteiger partial charge >= 0.3 is 0 Å². The van der Waals surface area contributed by atoms with Crippen LogP contribution in [0.25, 0.3) is 0 Å². The Hall–Kier alpha value is -3.58. The third-order valence-electron chi connectivity index (χ3n) is 5.73. The number of fused-ring (bicyclic) bond motifs is 2. The average molecular weight is 458 g/mol. The first-order chi connectivity index (χ1) is 16.0. The second kappa shape index (κ2) is 8.75. The molecule has 3 aromatic carbocycles. The predicted molar refractivity (Wildman–Crippen MR) is 129 cm³/mol. The van der Waals surface area contributed by atoms with Crippen molar-refractivity contribution in [1.29, 1.82) is 0 Å². The molecule has 3 amide bonds. The quantitative estimate of drug-likeness (QED) is 0.581. The van der Waals surface area contributed by atoms with Gasteiger partial charge in [-0.05, 0) is 62.2 Å². The summed E-state index contributed by atoms with van der Waals surface area (Å²) in [5.41, 5.74) is 2.69. The molecule has 3 aromatic rings. The summed E-state index contributed by atoms with van der Waals surface area (Å²) in [5.74, 6) is -0.590. The van der Waals surface area contributed by atoms with E-state index in [-0.39, 0.29) is 23.8 Å². The van der Waals surface area contributed by atoms with Gasteiger partial charge in [-0.2, -0.15) is 0 Å². The molecule has 1 aliphatic heterocycles. The fraction of sp³-hybridized carbons (Fsp3) is 0.192. The number of hydrogen-bond donors (Lipinski definition) is 2. The highest BCUT2D eigenvalue weighted by Crippen LogP contribution is 2.46. The van der Waals surface area contributed by atoms with Crippen LogP contribution >= 0.6 is 11.8 Å². The average Bonchev–Trinajstić information content (AvgIpc) is 3.66. The third-order valence-corrected chi connectivity index (χ3v) is 6.85. The summed E-state index contributed by atoms with van der Waals surface area (Å²) in [6.07, 6.45) is 1.99.